The van der Waals surface area contributed by atoms with Crippen LogP contribution in [0.4, 0.5) is 24.5 Å². The highest BCUT2D eigenvalue weighted by Gasteiger charge is 2.37. The van der Waals surface area contributed by atoms with E-state index in [1.807, 2.05) is 0 Å². The van der Waals surface area contributed by atoms with Crippen molar-refractivity contribution in [1.29, 1.82) is 0 Å². The van der Waals surface area contributed by atoms with Crippen LogP contribution in [0.1, 0.15) is 49.3 Å². The Bertz CT molecular complexity index is 915. The molecule has 0 amide bonds. The maximum absolute atomic E-state index is 12.7. The zero-order valence-electron chi connectivity index (χ0n) is 15.8. The van der Waals surface area contributed by atoms with Crippen LogP contribution in [0.5, 0.6) is 0 Å². The zero-order chi connectivity index (χ0) is 21.0. The number of amidine groups is 1. The second-order valence-corrected chi connectivity index (χ2v) is 7.18. The van der Waals surface area contributed by atoms with Gasteiger partial charge >= 0.3 is 6.18 Å². The van der Waals surface area contributed by atoms with Crippen LogP contribution in [0.2, 0.25) is 0 Å². The van der Waals surface area contributed by atoms with E-state index in [2.05, 4.69) is 15.3 Å². The number of aliphatic imine (C=N–C) groups is 1. The molecule has 29 heavy (non-hydrogen) atoms. The number of nitrogens with two attached hydrogens (primary N) is 2. The SMILES string of the molecule is NC(=Nc1ccc([C@H](N)C(F)(F)F)cc1)c1c(NC2CCCCC2)cc[nH]c1=O. The van der Waals surface area contributed by atoms with Gasteiger partial charge in [0.2, 0.25) is 0 Å². The van der Waals surface area contributed by atoms with Gasteiger partial charge in [-0.15, -0.1) is 0 Å². The Balaban J connectivity index is 1.85. The third-order valence-electron chi connectivity index (χ3n) is 5.04. The average Bonchev–Trinajstić information content (AvgIpc) is 2.68. The highest BCUT2D eigenvalue weighted by Crippen LogP contribution is 2.31. The smallest absolute Gasteiger partial charge is 0.383 e. The van der Waals surface area contributed by atoms with Gasteiger partial charge in [-0.05, 0) is 36.6 Å². The number of aromatic nitrogens is 1. The molecule has 0 spiro atoms. The van der Waals surface area contributed by atoms with Crippen molar-refractivity contribution < 1.29 is 13.2 Å². The van der Waals surface area contributed by atoms with Gasteiger partial charge in [-0.25, -0.2) is 4.99 Å². The maximum Gasteiger partial charge on any atom is 0.407 e. The average molecular weight is 407 g/mol. The third-order valence-corrected chi connectivity index (χ3v) is 5.04. The lowest BCUT2D eigenvalue weighted by atomic mass is 9.95. The number of H-pyrrole nitrogens is 1. The standard InChI is InChI=1S/C20H24F3N5O/c21-20(22,23)17(24)12-6-8-14(9-7-12)28-18(25)16-15(10-11-26-19(16)29)27-13-4-2-1-3-5-13/h6-11,13,17H,1-5,24H2,(H2,25,28)(H2,26,27,29)/t17-/m0/s1. The second-order valence-electron chi connectivity index (χ2n) is 7.18. The molecule has 1 aliphatic rings. The van der Waals surface area contributed by atoms with Crippen LogP contribution >= 0.6 is 0 Å². The van der Waals surface area contributed by atoms with E-state index >= 15 is 0 Å². The fourth-order valence-corrected chi connectivity index (χ4v) is 3.46. The Morgan fingerprint density at radius 2 is 1.79 bits per heavy atom. The van der Waals surface area contributed by atoms with E-state index in [-0.39, 0.29) is 28.6 Å². The Morgan fingerprint density at radius 1 is 1.14 bits per heavy atom. The summed E-state index contributed by atoms with van der Waals surface area (Å²) in [5.41, 5.74) is 12.0. The van der Waals surface area contributed by atoms with Crippen LogP contribution in [0.3, 0.4) is 0 Å². The molecule has 0 aliphatic heterocycles. The minimum Gasteiger partial charge on any atom is -0.383 e. The normalized spacial score (nSPS) is 17.2. The minimum atomic E-state index is -4.53. The number of pyridine rings is 1. The summed E-state index contributed by atoms with van der Waals surface area (Å²) in [7, 11) is 0. The zero-order valence-corrected chi connectivity index (χ0v) is 15.8. The van der Waals surface area contributed by atoms with E-state index in [9.17, 15) is 18.0 Å². The fourth-order valence-electron chi connectivity index (χ4n) is 3.46. The number of nitrogens with zero attached hydrogens (tertiary/aromatic N) is 1. The predicted molar refractivity (Wildman–Crippen MR) is 107 cm³/mol. The summed E-state index contributed by atoms with van der Waals surface area (Å²) in [6.45, 7) is 0. The molecule has 1 atom stereocenters. The molecule has 1 fully saturated rings. The summed E-state index contributed by atoms with van der Waals surface area (Å²) in [5, 5.41) is 3.38. The first-order chi connectivity index (χ1) is 13.8. The Morgan fingerprint density at radius 3 is 2.41 bits per heavy atom. The van der Waals surface area contributed by atoms with Gasteiger partial charge in [-0.2, -0.15) is 13.2 Å². The number of aromatic amines is 1. The molecule has 1 aromatic carbocycles. The van der Waals surface area contributed by atoms with Crippen LogP contribution in [-0.2, 0) is 0 Å². The van der Waals surface area contributed by atoms with E-state index in [0.29, 0.717) is 11.4 Å². The first kappa shape index (κ1) is 20.9. The van der Waals surface area contributed by atoms with Crippen molar-refractivity contribution in [3.05, 3.63) is 58.0 Å². The van der Waals surface area contributed by atoms with Gasteiger partial charge < -0.3 is 21.8 Å². The Hall–Kier alpha value is -2.81. The first-order valence-electron chi connectivity index (χ1n) is 9.50. The van der Waals surface area contributed by atoms with Crippen LogP contribution in [-0.4, -0.2) is 23.0 Å². The van der Waals surface area contributed by atoms with Crippen molar-refractivity contribution in [1.82, 2.24) is 4.98 Å². The molecule has 2 aromatic rings. The van der Waals surface area contributed by atoms with Gasteiger partial charge in [0.05, 0.1) is 11.4 Å². The molecule has 9 heteroatoms. The lowest BCUT2D eigenvalue weighted by molar-refractivity contribution is -0.149. The van der Waals surface area contributed by atoms with Crippen molar-refractivity contribution >= 4 is 17.2 Å². The van der Waals surface area contributed by atoms with Crippen molar-refractivity contribution in [3.63, 3.8) is 0 Å². The number of halogens is 3. The van der Waals surface area contributed by atoms with Gasteiger partial charge in [0, 0.05) is 12.2 Å². The lowest BCUT2D eigenvalue weighted by Crippen LogP contribution is -2.29. The summed E-state index contributed by atoms with van der Waals surface area (Å²) in [4.78, 5) is 19.2. The molecule has 3 rings (SSSR count). The molecule has 1 aliphatic carbocycles. The van der Waals surface area contributed by atoms with E-state index < -0.39 is 12.2 Å². The van der Waals surface area contributed by atoms with Gasteiger partial charge in [0.25, 0.3) is 5.56 Å². The summed E-state index contributed by atoms with van der Waals surface area (Å²) in [6.07, 6.45) is 2.52. The molecule has 0 radical (unpaired) electrons. The molecule has 0 saturated heterocycles. The molecular weight excluding hydrogens is 383 g/mol. The lowest BCUT2D eigenvalue weighted by Gasteiger charge is -2.24. The number of hydrogen-bond acceptors (Lipinski definition) is 4. The first-order valence-corrected chi connectivity index (χ1v) is 9.50. The molecule has 6 N–H and O–H groups in total. The predicted octanol–water partition coefficient (Wildman–Crippen LogP) is 3.72. The van der Waals surface area contributed by atoms with Crippen molar-refractivity contribution in [2.24, 2.45) is 16.5 Å². The Labute approximate surface area is 166 Å². The number of anilines is 1. The molecule has 1 heterocycles. The largest absolute Gasteiger partial charge is 0.407 e. The summed E-state index contributed by atoms with van der Waals surface area (Å²) in [6, 6.07) is 5.21. The summed E-state index contributed by atoms with van der Waals surface area (Å²) in [5.74, 6) is -0.0157. The van der Waals surface area contributed by atoms with Crippen LogP contribution < -0.4 is 22.3 Å². The summed E-state index contributed by atoms with van der Waals surface area (Å²) < 4.78 is 38.2. The monoisotopic (exact) mass is 407 g/mol. The molecule has 1 saturated carbocycles. The molecule has 6 nitrogen and oxygen atoms in total. The topological polar surface area (TPSA) is 109 Å². The molecule has 1 aromatic heterocycles. The van der Waals surface area contributed by atoms with E-state index in [1.54, 1.807) is 6.07 Å². The van der Waals surface area contributed by atoms with Crippen molar-refractivity contribution in [2.75, 3.05) is 5.32 Å². The highest BCUT2D eigenvalue weighted by molar-refractivity contribution is 6.03. The van der Waals surface area contributed by atoms with Gasteiger partial charge in [0.1, 0.15) is 17.4 Å². The molecule has 0 unspecified atom stereocenters. The number of rotatable bonds is 5. The second kappa shape index (κ2) is 8.69. The summed E-state index contributed by atoms with van der Waals surface area (Å²) >= 11 is 0. The third kappa shape index (κ3) is 5.17. The molecule has 0 bridgehead atoms. The van der Waals surface area contributed by atoms with E-state index in [0.717, 1.165) is 25.7 Å². The van der Waals surface area contributed by atoms with Crippen molar-refractivity contribution in [3.8, 4) is 0 Å². The molecule has 156 valence electrons. The number of alkyl halides is 3. The van der Waals surface area contributed by atoms with Crippen molar-refractivity contribution in [2.45, 2.75) is 50.4 Å². The van der Waals surface area contributed by atoms with Gasteiger partial charge in [0.15, 0.2) is 0 Å². The van der Waals surface area contributed by atoms with Crippen LogP contribution in [0.15, 0.2) is 46.3 Å². The van der Waals surface area contributed by atoms with E-state index in [4.69, 9.17) is 11.5 Å². The van der Waals surface area contributed by atoms with Crippen LogP contribution in [0, 0.1) is 0 Å². The number of benzene rings is 1. The van der Waals surface area contributed by atoms with Gasteiger partial charge in [-0.3, -0.25) is 4.79 Å². The number of nitrogens with one attached hydrogen (secondary N) is 2. The quantitative estimate of drug-likeness (QED) is 0.447. The van der Waals surface area contributed by atoms with E-state index in [1.165, 1.54) is 36.9 Å². The minimum absolute atomic E-state index is 0.0157. The maximum atomic E-state index is 12.7. The Kier molecular flexibility index (Phi) is 6.26. The molecular formula is C20H24F3N5O. The van der Waals surface area contributed by atoms with Gasteiger partial charge in [-0.1, -0.05) is 31.4 Å². The highest BCUT2D eigenvalue weighted by atomic mass is 19.4. The van der Waals surface area contributed by atoms with Crippen LogP contribution in [0.25, 0.3) is 0 Å². The fraction of sp³-hybridized carbons (Fsp3) is 0.400. The number of hydrogen-bond donors (Lipinski definition) is 4.